The third-order valence-electron chi connectivity index (χ3n) is 1.53. The molecule has 3 heteroatoms. The van der Waals surface area contributed by atoms with E-state index >= 15 is 0 Å². The molecular weight excluding hydrogens is 174 g/mol. The summed E-state index contributed by atoms with van der Waals surface area (Å²) in [5.41, 5.74) is 0.712. The first-order valence-electron chi connectivity index (χ1n) is 3.46. The van der Waals surface area contributed by atoms with Crippen molar-refractivity contribution in [2.75, 3.05) is 7.11 Å². The van der Waals surface area contributed by atoms with E-state index in [0.29, 0.717) is 11.3 Å². The molecule has 0 spiro atoms. The van der Waals surface area contributed by atoms with Crippen molar-refractivity contribution in [2.24, 2.45) is 0 Å². The van der Waals surface area contributed by atoms with Crippen molar-refractivity contribution in [3.8, 4) is 11.8 Å². The number of hydrogen-bond acceptors (Lipinski definition) is 2. The zero-order valence-corrected chi connectivity index (χ0v) is 7.38. The topological polar surface area (TPSA) is 33.0 Å². The van der Waals surface area contributed by atoms with Crippen LogP contribution in [0.1, 0.15) is 10.9 Å². The minimum atomic E-state index is -0.638. The summed E-state index contributed by atoms with van der Waals surface area (Å²) in [5.74, 6) is 0.652. The van der Waals surface area contributed by atoms with Crippen molar-refractivity contribution in [3.05, 3.63) is 29.8 Å². The molecule has 0 fully saturated rings. The first kappa shape index (κ1) is 8.89. The lowest BCUT2D eigenvalue weighted by Gasteiger charge is -2.06. The first-order valence-corrected chi connectivity index (χ1v) is 3.90. The Morgan fingerprint density at radius 3 is 2.75 bits per heavy atom. The number of nitriles is 1. The number of nitrogens with zero attached hydrogens (tertiary/aromatic N) is 1. The Hall–Kier alpha value is -1.20. The Bertz CT molecular complexity index is 306. The van der Waals surface area contributed by atoms with Gasteiger partial charge in [0.2, 0.25) is 0 Å². The van der Waals surface area contributed by atoms with Gasteiger partial charge in [0, 0.05) is 5.56 Å². The number of halogens is 1. The molecular formula is C9H8ClNO. The van der Waals surface area contributed by atoms with Crippen molar-refractivity contribution in [2.45, 2.75) is 5.38 Å². The standard InChI is InChI=1S/C9H8ClNO/c1-12-9-5-3-2-4-7(9)8(10)6-11/h2-5,8H,1H3/t8-/m0/s1. The largest absolute Gasteiger partial charge is 0.496 e. The summed E-state index contributed by atoms with van der Waals surface area (Å²) in [7, 11) is 1.56. The Labute approximate surface area is 76.3 Å². The van der Waals surface area contributed by atoms with Crippen molar-refractivity contribution in [3.63, 3.8) is 0 Å². The third kappa shape index (κ3) is 1.69. The SMILES string of the molecule is COc1ccccc1[C@@H](Cl)C#N. The Morgan fingerprint density at radius 1 is 1.50 bits per heavy atom. The third-order valence-corrected chi connectivity index (χ3v) is 1.86. The van der Waals surface area contributed by atoms with Gasteiger partial charge >= 0.3 is 0 Å². The van der Waals surface area contributed by atoms with Crippen molar-refractivity contribution in [1.29, 1.82) is 5.26 Å². The summed E-state index contributed by atoms with van der Waals surface area (Å²) in [6, 6.07) is 9.16. The predicted molar refractivity (Wildman–Crippen MR) is 47.2 cm³/mol. The van der Waals surface area contributed by atoms with E-state index in [2.05, 4.69) is 0 Å². The monoisotopic (exact) mass is 181 g/mol. The first-order chi connectivity index (χ1) is 5.79. The zero-order chi connectivity index (χ0) is 8.97. The number of methoxy groups -OCH3 is 1. The van der Waals surface area contributed by atoms with E-state index in [9.17, 15) is 0 Å². The van der Waals surface area contributed by atoms with Crippen LogP contribution in [0.25, 0.3) is 0 Å². The van der Waals surface area contributed by atoms with E-state index in [1.165, 1.54) is 0 Å². The average Bonchev–Trinajstić information content (AvgIpc) is 2.16. The highest BCUT2D eigenvalue weighted by Crippen LogP contribution is 2.28. The van der Waals surface area contributed by atoms with Gasteiger partial charge in [-0.25, -0.2) is 0 Å². The molecule has 0 saturated carbocycles. The number of rotatable bonds is 2. The highest BCUT2D eigenvalue weighted by atomic mass is 35.5. The maximum atomic E-state index is 8.57. The molecule has 1 rings (SSSR count). The fraction of sp³-hybridized carbons (Fsp3) is 0.222. The van der Waals surface area contributed by atoms with Gasteiger partial charge in [-0.1, -0.05) is 18.2 Å². The van der Waals surface area contributed by atoms with Crippen LogP contribution in [0.2, 0.25) is 0 Å². The molecule has 0 aliphatic rings. The average molecular weight is 182 g/mol. The molecule has 2 nitrogen and oxygen atoms in total. The number of hydrogen-bond donors (Lipinski definition) is 0. The van der Waals surface area contributed by atoms with Gasteiger partial charge in [0.25, 0.3) is 0 Å². The Morgan fingerprint density at radius 2 is 2.17 bits per heavy atom. The lowest BCUT2D eigenvalue weighted by Crippen LogP contribution is -1.92. The van der Waals surface area contributed by atoms with Gasteiger partial charge in [0.15, 0.2) is 0 Å². The fourth-order valence-electron chi connectivity index (χ4n) is 0.945. The van der Waals surface area contributed by atoms with E-state index in [-0.39, 0.29) is 0 Å². The van der Waals surface area contributed by atoms with Crippen molar-refractivity contribution >= 4 is 11.6 Å². The maximum absolute atomic E-state index is 8.57. The molecule has 0 amide bonds. The quantitative estimate of drug-likeness (QED) is 0.657. The van der Waals surface area contributed by atoms with Crippen LogP contribution in [0.4, 0.5) is 0 Å². The van der Waals surface area contributed by atoms with E-state index in [4.69, 9.17) is 21.6 Å². The van der Waals surface area contributed by atoms with Gasteiger partial charge in [-0.3, -0.25) is 0 Å². The molecule has 1 aromatic rings. The van der Waals surface area contributed by atoms with Crippen LogP contribution >= 0.6 is 11.6 Å². The van der Waals surface area contributed by atoms with Crippen LogP contribution in [-0.4, -0.2) is 7.11 Å². The molecule has 12 heavy (non-hydrogen) atoms. The van der Waals surface area contributed by atoms with Crippen LogP contribution in [0.5, 0.6) is 5.75 Å². The highest BCUT2D eigenvalue weighted by Gasteiger charge is 2.10. The van der Waals surface area contributed by atoms with E-state index in [1.807, 2.05) is 18.2 Å². The summed E-state index contributed by atoms with van der Waals surface area (Å²) in [4.78, 5) is 0. The highest BCUT2D eigenvalue weighted by molar-refractivity contribution is 6.22. The van der Waals surface area contributed by atoms with Crippen LogP contribution in [0, 0.1) is 11.3 Å². The van der Waals surface area contributed by atoms with E-state index < -0.39 is 5.38 Å². The Balaban J connectivity index is 3.06. The second-order valence-electron chi connectivity index (χ2n) is 2.23. The maximum Gasteiger partial charge on any atom is 0.149 e. The number of ether oxygens (including phenoxy) is 1. The molecule has 0 saturated heterocycles. The van der Waals surface area contributed by atoms with Gasteiger partial charge in [-0.05, 0) is 6.07 Å². The van der Waals surface area contributed by atoms with Crippen molar-refractivity contribution in [1.82, 2.24) is 0 Å². The van der Waals surface area contributed by atoms with Gasteiger partial charge in [0.05, 0.1) is 13.2 Å². The molecule has 0 radical (unpaired) electrons. The lowest BCUT2D eigenvalue weighted by atomic mass is 10.1. The van der Waals surface area contributed by atoms with Crippen LogP contribution in [0.3, 0.4) is 0 Å². The van der Waals surface area contributed by atoms with Crippen LogP contribution < -0.4 is 4.74 Å². The molecule has 0 N–H and O–H groups in total. The van der Waals surface area contributed by atoms with Crippen molar-refractivity contribution < 1.29 is 4.74 Å². The minimum absolute atomic E-state index is 0.638. The number of alkyl halides is 1. The van der Waals surface area contributed by atoms with Gasteiger partial charge in [-0.2, -0.15) is 5.26 Å². The Kier molecular flexibility index (Phi) is 2.95. The molecule has 0 bridgehead atoms. The number of para-hydroxylation sites is 1. The fourth-order valence-corrected chi connectivity index (χ4v) is 1.13. The van der Waals surface area contributed by atoms with Crippen LogP contribution in [-0.2, 0) is 0 Å². The van der Waals surface area contributed by atoms with Crippen LogP contribution in [0.15, 0.2) is 24.3 Å². The second kappa shape index (κ2) is 3.99. The van der Waals surface area contributed by atoms with E-state index in [0.717, 1.165) is 0 Å². The molecule has 0 aliphatic carbocycles. The van der Waals surface area contributed by atoms with Gasteiger partial charge < -0.3 is 4.74 Å². The number of benzene rings is 1. The summed E-state index contributed by atoms with van der Waals surface area (Å²) in [6.07, 6.45) is 0. The minimum Gasteiger partial charge on any atom is -0.496 e. The molecule has 0 unspecified atom stereocenters. The summed E-state index contributed by atoms with van der Waals surface area (Å²) < 4.78 is 5.03. The molecule has 0 aliphatic heterocycles. The zero-order valence-electron chi connectivity index (χ0n) is 6.62. The molecule has 0 aromatic heterocycles. The molecule has 1 atom stereocenters. The van der Waals surface area contributed by atoms with E-state index in [1.54, 1.807) is 19.2 Å². The molecule has 62 valence electrons. The lowest BCUT2D eigenvalue weighted by molar-refractivity contribution is 0.410. The smallest absolute Gasteiger partial charge is 0.149 e. The molecule has 1 aromatic carbocycles. The summed E-state index contributed by atoms with van der Waals surface area (Å²) >= 11 is 5.73. The van der Waals surface area contributed by atoms with Gasteiger partial charge in [-0.15, -0.1) is 11.6 Å². The normalized spacial score (nSPS) is 11.8. The second-order valence-corrected chi connectivity index (χ2v) is 2.67. The summed E-state index contributed by atoms with van der Waals surface area (Å²) in [6.45, 7) is 0. The summed E-state index contributed by atoms with van der Waals surface area (Å²) in [5, 5.41) is 7.93. The molecule has 0 heterocycles. The van der Waals surface area contributed by atoms with Gasteiger partial charge in [0.1, 0.15) is 11.1 Å². The predicted octanol–water partition coefficient (Wildman–Crippen LogP) is 2.50.